The molecule has 0 aliphatic carbocycles. The Hall–Kier alpha value is -1.07. The van der Waals surface area contributed by atoms with Gasteiger partial charge in [-0.3, -0.25) is 0 Å². The summed E-state index contributed by atoms with van der Waals surface area (Å²) >= 11 is 3.37. The minimum Gasteiger partial charge on any atom is -0.478 e. The summed E-state index contributed by atoms with van der Waals surface area (Å²) in [6.07, 6.45) is -0.135. The highest BCUT2D eigenvalue weighted by Crippen LogP contribution is 2.29. The fourth-order valence-electron chi connectivity index (χ4n) is 1.76. The smallest absolute Gasteiger partial charge is 0.347 e. The van der Waals surface area contributed by atoms with Crippen molar-refractivity contribution in [1.82, 2.24) is 0 Å². The van der Waals surface area contributed by atoms with Crippen molar-refractivity contribution in [2.45, 2.75) is 39.9 Å². The lowest BCUT2D eigenvalue weighted by Crippen LogP contribution is -2.29. The van der Waals surface area contributed by atoms with E-state index in [4.69, 9.17) is 9.47 Å². The first-order valence-electron chi connectivity index (χ1n) is 6.26. The van der Waals surface area contributed by atoms with Crippen molar-refractivity contribution in [2.75, 3.05) is 6.61 Å². The summed E-state index contributed by atoms with van der Waals surface area (Å²) in [5, 5.41) is 9.38. The van der Waals surface area contributed by atoms with Gasteiger partial charge in [0.1, 0.15) is 5.75 Å². The first-order chi connectivity index (χ1) is 9.03. The van der Waals surface area contributed by atoms with Crippen LogP contribution in [0.15, 0.2) is 16.6 Å². The summed E-state index contributed by atoms with van der Waals surface area (Å²) in [5.74, 6) is 0.168. The van der Waals surface area contributed by atoms with E-state index in [1.807, 2.05) is 19.9 Å². The molecule has 1 aromatic carbocycles. The first kappa shape index (κ1) is 16.0. The molecule has 0 aromatic heterocycles. The van der Waals surface area contributed by atoms with Crippen molar-refractivity contribution >= 4 is 21.9 Å². The molecule has 0 saturated carbocycles. The van der Waals surface area contributed by atoms with Crippen molar-refractivity contribution in [3.8, 4) is 5.75 Å². The van der Waals surface area contributed by atoms with E-state index in [9.17, 15) is 9.90 Å². The number of hydrogen-bond acceptors (Lipinski definition) is 4. The van der Waals surface area contributed by atoms with Gasteiger partial charge in [0.2, 0.25) is 0 Å². The standard InChI is InChI=1S/C14H19BrO4/c1-4-12(14(17)18-5-2)19-13-9(3)6-11(15)7-10(13)8-16/h6-7,12,16H,4-5,8H2,1-3H3. The number of benzene rings is 1. The Balaban J connectivity index is 2.99. The Bertz CT molecular complexity index is 445. The van der Waals surface area contributed by atoms with Gasteiger partial charge in [0, 0.05) is 10.0 Å². The average molecular weight is 331 g/mol. The summed E-state index contributed by atoms with van der Waals surface area (Å²) in [7, 11) is 0. The maximum Gasteiger partial charge on any atom is 0.347 e. The topological polar surface area (TPSA) is 55.8 Å². The second kappa shape index (κ2) is 7.50. The number of halogens is 1. The van der Waals surface area contributed by atoms with Gasteiger partial charge in [-0.05, 0) is 38.0 Å². The summed E-state index contributed by atoms with van der Waals surface area (Å²) in [6, 6.07) is 3.66. The molecule has 0 fully saturated rings. The Labute approximate surface area is 121 Å². The minimum absolute atomic E-state index is 0.144. The van der Waals surface area contributed by atoms with Gasteiger partial charge in [0.25, 0.3) is 0 Å². The van der Waals surface area contributed by atoms with Gasteiger partial charge in [-0.2, -0.15) is 0 Å². The van der Waals surface area contributed by atoms with Crippen molar-refractivity contribution in [3.05, 3.63) is 27.7 Å². The molecule has 0 radical (unpaired) electrons. The van der Waals surface area contributed by atoms with Crippen molar-refractivity contribution in [3.63, 3.8) is 0 Å². The second-order valence-electron chi connectivity index (χ2n) is 4.14. The van der Waals surface area contributed by atoms with Gasteiger partial charge in [-0.15, -0.1) is 0 Å². The second-order valence-corrected chi connectivity index (χ2v) is 5.05. The number of hydrogen-bond donors (Lipinski definition) is 1. The number of aliphatic hydroxyl groups is 1. The zero-order chi connectivity index (χ0) is 14.4. The number of esters is 1. The van der Waals surface area contributed by atoms with Crippen LogP contribution in [0, 0.1) is 6.92 Å². The predicted molar refractivity (Wildman–Crippen MR) is 76.1 cm³/mol. The first-order valence-corrected chi connectivity index (χ1v) is 7.05. The molecule has 5 heteroatoms. The zero-order valence-corrected chi connectivity index (χ0v) is 13.0. The average Bonchev–Trinajstić information content (AvgIpc) is 2.37. The molecule has 106 valence electrons. The summed E-state index contributed by atoms with van der Waals surface area (Å²) in [5.41, 5.74) is 1.51. The van der Waals surface area contributed by atoms with E-state index in [1.165, 1.54) is 0 Å². The predicted octanol–water partition coefficient (Wildman–Crippen LogP) is 2.97. The van der Waals surface area contributed by atoms with Crippen LogP contribution in [0.3, 0.4) is 0 Å². The van der Waals surface area contributed by atoms with Crippen LogP contribution in [0.4, 0.5) is 0 Å². The Kier molecular flexibility index (Phi) is 6.31. The summed E-state index contributed by atoms with van der Waals surface area (Å²) in [4.78, 5) is 11.7. The number of ether oxygens (including phenoxy) is 2. The number of carbonyl (C=O) groups excluding carboxylic acids is 1. The minimum atomic E-state index is -0.648. The molecule has 0 aliphatic heterocycles. The fourth-order valence-corrected chi connectivity index (χ4v) is 2.38. The Morgan fingerprint density at radius 2 is 2.11 bits per heavy atom. The van der Waals surface area contributed by atoms with E-state index in [-0.39, 0.29) is 12.6 Å². The Morgan fingerprint density at radius 3 is 2.63 bits per heavy atom. The molecule has 4 nitrogen and oxygen atoms in total. The van der Waals surface area contributed by atoms with E-state index in [1.54, 1.807) is 13.0 Å². The van der Waals surface area contributed by atoms with Crippen LogP contribution in [0.1, 0.15) is 31.4 Å². The van der Waals surface area contributed by atoms with E-state index in [2.05, 4.69) is 15.9 Å². The molecule has 19 heavy (non-hydrogen) atoms. The van der Waals surface area contributed by atoms with E-state index in [0.717, 1.165) is 10.0 Å². The zero-order valence-electron chi connectivity index (χ0n) is 11.4. The lowest BCUT2D eigenvalue weighted by Gasteiger charge is -2.20. The summed E-state index contributed by atoms with van der Waals surface area (Å²) < 4.78 is 11.6. The largest absolute Gasteiger partial charge is 0.478 e. The number of aryl methyl sites for hydroxylation is 1. The highest BCUT2D eigenvalue weighted by molar-refractivity contribution is 9.10. The molecule has 0 bridgehead atoms. The molecule has 1 aromatic rings. The quantitative estimate of drug-likeness (QED) is 0.815. The molecule has 0 spiro atoms. The molecule has 0 heterocycles. The van der Waals surface area contributed by atoms with Crippen LogP contribution < -0.4 is 4.74 Å². The fraction of sp³-hybridized carbons (Fsp3) is 0.500. The van der Waals surface area contributed by atoms with Crippen LogP contribution in [0.2, 0.25) is 0 Å². The number of aliphatic hydroxyl groups excluding tert-OH is 1. The van der Waals surface area contributed by atoms with Crippen LogP contribution in [-0.2, 0) is 16.1 Å². The highest BCUT2D eigenvalue weighted by atomic mass is 79.9. The Morgan fingerprint density at radius 1 is 1.42 bits per heavy atom. The van der Waals surface area contributed by atoms with E-state index in [0.29, 0.717) is 24.3 Å². The molecule has 0 aliphatic rings. The number of rotatable bonds is 6. The van der Waals surface area contributed by atoms with Crippen LogP contribution in [-0.4, -0.2) is 23.8 Å². The van der Waals surface area contributed by atoms with Gasteiger partial charge in [-0.1, -0.05) is 22.9 Å². The monoisotopic (exact) mass is 330 g/mol. The maximum absolute atomic E-state index is 11.7. The third-order valence-corrected chi connectivity index (χ3v) is 3.12. The van der Waals surface area contributed by atoms with E-state index >= 15 is 0 Å². The molecule has 0 saturated heterocycles. The molecule has 1 N–H and O–H groups in total. The highest BCUT2D eigenvalue weighted by Gasteiger charge is 2.22. The number of carbonyl (C=O) groups is 1. The van der Waals surface area contributed by atoms with Crippen LogP contribution in [0.25, 0.3) is 0 Å². The van der Waals surface area contributed by atoms with Gasteiger partial charge in [-0.25, -0.2) is 4.79 Å². The van der Waals surface area contributed by atoms with Crippen molar-refractivity contribution in [1.29, 1.82) is 0 Å². The SMILES string of the molecule is CCOC(=O)C(CC)Oc1c(C)cc(Br)cc1CO. The third-order valence-electron chi connectivity index (χ3n) is 2.67. The summed E-state index contributed by atoms with van der Waals surface area (Å²) in [6.45, 7) is 5.67. The van der Waals surface area contributed by atoms with E-state index < -0.39 is 6.10 Å². The van der Waals surface area contributed by atoms with Gasteiger partial charge in [0.05, 0.1) is 13.2 Å². The lowest BCUT2D eigenvalue weighted by atomic mass is 10.1. The van der Waals surface area contributed by atoms with Crippen LogP contribution >= 0.6 is 15.9 Å². The van der Waals surface area contributed by atoms with Gasteiger partial charge < -0.3 is 14.6 Å². The van der Waals surface area contributed by atoms with Crippen molar-refractivity contribution in [2.24, 2.45) is 0 Å². The molecule has 1 rings (SSSR count). The molecule has 0 amide bonds. The normalized spacial score (nSPS) is 12.1. The van der Waals surface area contributed by atoms with Crippen LogP contribution in [0.5, 0.6) is 5.75 Å². The molecular weight excluding hydrogens is 312 g/mol. The third kappa shape index (κ3) is 4.21. The molecular formula is C14H19BrO4. The van der Waals surface area contributed by atoms with Crippen molar-refractivity contribution < 1.29 is 19.4 Å². The molecule has 1 unspecified atom stereocenters. The maximum atomic E-state index is 11.7. The lowest BCUT2D eigenvalue weighted by molar-refractivity contribution is -0.151. The van der Waals surface area contributed by atoms with Gasteiger partial charge >= 0.3 is 5.97 Å². The molecule has 1 atom stereocenters. The van der Waals surface area contributed by atoms with Gasteiger partial charge in [0.15, 0.2) is 6.10 Å².